The maximum Gasteiger partial charge on any atom is 0.356 e. The largest absolute Gasteiger partial charge is 0.462 e. The molecular weight excluding hydrogens is 432 g/mol. The first kappa shape index (κ1) is 23.3. The number of hydrogen-bond donors (Lipinski definition) is 0. The van der Waals surface area contributed by atoms with Gasteiger partial charge < -0.3 is 13.9 Å². The molecule has 0 atom stereocenters. The van der Waals surface area contributed by atoms with Crippen LogP contribution in [-0.4, -0.2) is 34.5 Å². The van der Waals surface area contributed by atoms with Gasteiger partial charge in [0.25, 0.3) is 5.69 Å². The van der Waals surface area contributed by atoms with Crippen LogP contribution in [0.1, 0.15) is 51.4 Å². The summed E-state index contributed by atoms with van der Waals surface area (Å²) in [6.45, 7) is 7.50. The number of esters is 2. The molecule has 0 radical (unpaired) electrons. The van der Waals surface area contributed by atoms with Gasteiger partial charge in [-0.2, -0.15) is 0 Å². The third kappa shape index (κ3) is 4.47. The highest BCUT2D eigenvalue weighted by Gasteiger charge is 2.30. The Kier molecular flexibility index (Phi) is 7.19. The van der Waals surface area contributed by atoms with Crippen LogP contribution in [0, 0.1) is 24.0 Å². The second kappa shape index (κ2) is 9.86. The molecule has 2 heterocycles. The average Bonchev–Trinajstić information content (AvgIpc) is 3.07. The van der Waals surface area contributed by atoms with Crippen LogP contribution < -0.4 is 0 Å². The Labute approximate surface area is 189 Å². The minimum absolute atomic E-state index is 0.0221. The van der Waals surface area contributed by atoms with E-state index in [0.717, 1.165) is 11.1 Å². The van der Waals surface area contributed by atoms with Crippen LogP contribution >= 0.6 is 11.8 Å². The summed E-state index contributed by atoms with van der Waals surface area (Å²) in [4.78, 5) is 37.3. The molecule has 168 valence electrons. The molecule has 3 rings (SSSR count). The highest BCUT2D eigenvalue weighted by Crippen LogP contribution is 2.38. The van der Waals surface area contributed by atoms with Gasteiger partial charge in [-0.15, -0.1) is 11.8 Å². The topological polar surface area (TPSA) is 100 Å². The molecule has 1 aromatic carbocycles. The van der Waals surface area contributed by atoms with Gasteiger partial charge in [-0.25, -0.2) is 9.59 Å². The first-order valence-electron chi connectivity index (χ1n) is 10.1. The van der Waals surface area contributed by atoms with E-state index >= 15 is 0 Å². The molecule has 0 saturated carbocycles. The number of para-hydroxylation sites is 1. The van der Waals surface area contributed by atoms with Crippen molar-refractivity contribution in [2.75, 3.05) is 13.2 Å². The van der Waals surface area contributed by atoms with Gasteiger partial charge in [0.2, 0.25) is 0 Å². The highest BCUT2D eigenvalue weighted by molar-refractivity contribution is 7.98. The van der Waals surface area contributed by atoms with Crippen LogP contribution in [0.4, 0.5) is 5.69 Å². The number of hydrogen-bond acceptors (Lipinski definition) is 7. The molecule has 0 aliphatic carbocycles. The van der Waals surface area contributed by atoms with Gasteiger partial charge in [0.15, 0.2) is 0 Å². The minimum Gasteiger partial charge on any atom is -0.462 e. The zero-order valence-corrected chi connectivity index (χ0v) is 19.2. The molecule has 32 heavy (non-hydrogen) atoms. The number of nitro benzene ring substituents is 1. The van der Waals surface area contributed by atoms with Crippen molar-refractivity contribution in [1.82, 2.24) is 4.40 Å². The van der Waals surface area contributed by atoms with Crippen molar-refractivity contribution < 1.29 is 24.0 Å². The maximum absolute atomic E-state index is 13.0. The molecule has 0 bridgehead atoms. The first-order chi connectivity index (χ1) is 15.3. The summed E-state index contributed by atoms with van der Waals surface area (Å²) in [6.07, 6.45) is 1.77. The van der Waals surface area contributed by atoms with Crippen LogP contribution in [0.25, 0.3) is 5.52 Å². The Morgan fingerprint density at radius 3 is 2.41 bits per heavy atom. The number of carbonyl (C=O) groups excluding carboxylic acids is 2. The van der Waals surface area contributed by atoms with Gasteiger partial charge in [0.1, 0.15) is 5.69 Å². The quantitative estimate of drug-likeness (QED) is 0.201. The van der Waals surface area contributed by atoms with Gasteiger partial charge in [-0.1, -0.05) is 24.3 Å². The second-order valence-corrected chi connectivity index (χ2v) is 8.07. The lowest BCUT2D eigenvalue weighted by Gasteiger charge is -2.08. The summed E-state index contributed by atoms with van der Waals surface area (Å²) in [6, 6.07) is 8.32. The van der Waals surface area contributed by atoms with Crippen molar-refractivity contribution in [3.8, 4) is 0 Å². The molecule has 3 aromatic rings. The Balaban J connectivity index is 2.24. The van der Waals surface area contributed by atoms with E-state index in [-0.39, 0.29) is 35.9 Å². The molecule has 0 fully saturated rings. The second-order valence-electron chi connectivity index (χ2n) is 7.09. The fourth-order valence-electron chi connectivity index (χ4n) is 3.62. The van der Waals surface area contributed by atoms with Crippen LogP contribution in [0.2, 0.25) is 0 Å². The summed E-state index contributed by atoms with van der Waals surface area (Å²) >= 11 is 1.18. The number of carbonyl (C=O) groups is 2. The first-order valence-corrected chi connectivity index (χ1v) is 11.1. The monoisotopic (exact) mass is 456 g/mol. The average molecular weight is 457 g/mol. The predicted octanol–water partition coefficient (Wildman–Crippen LogP) is 5.11. The van der Waals surface area contributed by atoms with Gasteiger partial charge in [0.05, 0.1) is 34.1 Å². The Hall–Kier alpha value is -3.33. The van der Waals surface area contributed by atoms with Crippen molar-refractivity contribution in [2.45, 2.75) is 38.3 Å². The number of aromatic nitrogens is 1. The predicted molar refractivity (Wildman–Crippen MR) is 121 cm³/mol. The fraction of sp³-hybridized carbons (Fsp3) is 0.304. The molecule has 9 heteroatoms. The smallest absolute Gasteiger partial charge is 0.356 e. The zero-order chi connectivity index (χ0) is 23.4. The zero-order valence-electron chi connectivity index (χ0n) is 18.3. The Bertz CT molecular complexity index is 1200. The number of nitro groups is 1. The van der Waals surface area contributed by atoms with Crippen LogP contribution in [-0.2, 0) is 15.2 Å². The molecule has 2 aromatic heterocycles. The molecule has 0 aliphatic rings. The van der Waals surface area contributed by atoms with Gasteiger partial charge >= 0.3 is 11.9 Å². The van der Waals surface area contributed by atoms with E-state index in [1.807, 2.05) is 19.9 Å². The molecule has 0 aliphatic heterocycles. The molecule has 0 amide bonds. The number of benzene rings is 1. The lowest BCUT2D eigenvalue weighted by molar-refractivity contribution is -0.385. The fourth-order valence-corrected chi connectivity index (χ4v) is 4.81. The number of nitrogens with zero attached hydrogens (tertiary/aromatic N) is 2. The van der Waals surface area contributed by atoms with E-state index in [1.54, 1.807) is 42.6 Å². The van der Waals surface area contributed by atoms with E-state index in [1.165, 1.54) is 17.8 Å². The number of thioether (sulfide) groups is 1. The molecule has 0 unspecified atom stereocenters. The lowest BCUT2D eigenvalue weighted by Crippen LogP contribution is -2.10. The number of aryl methyl sites for hydroxylation is 2. The van der Waals surface area contributed by atoms with Gasteiger partial charge in [-0.3, -0.25) is 10.1 Å². The third-order valence-electron chi connectivity index (χ3n) is 4.82. The molecule has 8 nitrogen and oxygen atoms in total. The van der Waals surface area contributed by atoms with Gasteiger partial charge in [-0.05, 0) is 38.8 Å². The van der Waals surface area contributed by atoms with Crippen LogP contribution in [0.5, 0.6) is 0 Å². The highest BCUT2D eigenvalue weighted by atomic mass is 32.2. The molecular formula is C23H24N2O6S. The van der Waals surface area contributed by atoms with Crippen LogP contribution in [0.15, 0.2) is 41.4 Å². The molecule has 0 spiro atoms. The summed E-state index contributed by atoms with van der Waals surface area (Å²) in [7, 11) is 0. The summed E-state index contributed by atoms with van der Waals surface area (Å²) in [5.41, 5.74) is 3.19. The summed E-state index contributed by atoms with van der Waals surface area (Å²) < 4.78 is 12.3. The van der Waals surface area contributed by atoms with E-state index in [2.05, 4.69) is 0 Å². The van der Waals surface area contributed by atoms with Crippen molar-refractivity contribution >= 4 is 34.9 Å². The standard InChI is InChI=1S/C23H24N2O6S/c1-5-30-22(26)18-19-15(4)11-14(3)12-24(19)20(23(27)31-6-2)21(18)32-13-16-9-7-8-10-17(16)25(28)29/h7-12H,5-6,13H2,1-4H3. The van der Waals surface area contributed by atoms with E-state index < -0.39 is 16.9 Å². The van der Waals surface area contributed by atoms with E-state index in [9.17, 15) is 19.7 Å². The number of ether oxygens (including phenoxy) is 2. The number of fused-ring (bicyclic) bond motifs is 1. The lowest BCUT2D eigenvalue weighted by atomic mass is 10.1. The van der Waals surface area contributed by atoms with E-state index in [0.29, 0.717) is 16.0 Å². The SMILES string of the molecule is CCOC(=O)c1c(SCc2ccccc2[N+](=O)[O-])c(C(=O)OCC)n2cc(C)cc(C)c12. The summed E-state index contributed by atoms with van der Waals surface area (Å²) in [5, 5.41) is 11.4. The summed E-state index contributed by atoms with van der Waals surface area (Å²) in [5.74, 6) is -0.948. The van der Waals surface area contributed by atoms with Crippen molar-refractivity contribution in [3.05, 3.63) is 74.6 Å². The Morgan fingerprint density at radius 2 is 1.75 bits per heavy atom. The number of rotatable bonds is 8. The van der Waals surface area contributed by atoms with E-state index in [4.69, 9.17) is 9.47 Å². The van der Waals surface area contributed by atoms with Crippen LogP contribution in [0.3, 0.4) is 0 Å². The minimum atomic E-state index is -0.576. The van der Waals surface area contributed by atoms with Crippen molar-refractivity contribution in [3.63, 3.8) is 0 Å². The molecule has 0 N–H and O–H groups in total. The van der Waals surface area contributed by atoms with Crippen molar-refractivity contribution in [2.24, 2.45) is 0 Å². The normalized spacial score (nSPS) is 10.9. The van der Waals surface area contributed by atoms with Crippen molar-refractivity contribution in [1.29, 1.82) is 0 Å². The van der Waals surface area contributed by atoms with Gasteiger partial charge in [0, 0.05) is 23.6 Å². The third-order valence-corrected chi connectivity index (χ3v) is 5.96. The number of pyridine rings is 1. The Morgan fingerprint density at radius 1 is 1.09 bits per heavy atom. The molecule has 0 saturated heterocycles. The maximum atomic E-state index is 13.0.